The van der Waals surface area contributed by atoms with E-state index in [1.807, 2.05) is 0 Å². The smallest absolute Gasteiger partial charge is 0.287 e. The molecule has 22 heavy (non-hydrogen) atoms. The fourth-order valence-corrected chi connectivity index (χ4v) is 1.55. The number of non-ortho nitro benzene ring substituents is 1. The van der Waals surface area contributed by atoms with E-state index in [0.717, 1.165) is 17.0 Å². The number of nitriles is 1. The topological polar surface area (TPSA) is 151 Å². The maximum absolute atomic E-state index is 11.8. The minimum Gasteiger partial charge on any atom is -0.505 e. The van der Waals surface area contributed by atoms with Crippen molar-refractivity contribution in [2.75, 3.05) is 14.1 Å². The molecule has 0 saturated heterocycles. The molecule has 0 aromatic heterocycles. The molecule has 0 fully saturated rings. The molecule has 1 aromatic rings. The van der Waals surface area contributed by atoms with Gasteiger partial charge in [-0.1, -0.05) is 0 Å². The summed E-state index contributed by atoms with van der Waals surface area (Å²) in [5.41, 5.74) is -2.50. The Balaban J connectivity index is 3.61. The molecular formula is C12H10N4O6. The van der Waals surface area contributed by atoms with Gasteiger partial charge < -0.3 is 10.0 Å². The molecule has 0 heterocycles. The van der Waals surface area contributed by atoms with Crippen molar-refractivity contribution in [1.82, 2.24) is 4.90 Å². The average Bonchev–Trinajstić information content (AvgIpc) is 2.46. The second-order valence-electron chi connectivity index (χ2n) is 4.25. The number of amides is 1. The number of nitro groups is 2. The van der Waals surface area contributed by atoms with E-state index in [2.05, 4.69) is 0 Å². The molecule has 0 atom stereocenters. The van der Waals surface area contributed by atoms with Crippen LogP contribution in [0.4, 0.5) is 11.4 Å². The lowest BCUT2D eigenvalue weighted by atomic mass is 10.1. The molecule has 0 saturated carbocycles. The highest BCUT2D eigenvalue weighted by Gasteiger charge is 2.26. The van der Waals surface area contributed by atoms with Crippen LogP contribution in [0.25, 0.3) is 5.76 Å². The standard InChI is InChI=1S/C12H10N4O6/c1-14(2)12(18)9(6-13)11(17)8-4-3-7(15(19)20)5-10(8)16(21)22/h3-5,17H,1-2H3. The molecular weight excluding hydrogens is 296 g/mol. The van der Waals surface area contributed by atoms with Crippen LogP contribution < -0.4 is 0 Å². The Morgan fingerprint density at radius 3 is 2.27 bits per heavy atom. The number of rotatable bonds is 4. The van der Waals surface area contributed by atoms with Gasteiger partial charge in [0.15, 0.2) is 11.3 Å². The van der Waals surface area contributed by atoms with Crippen molar-refractivity contribution in [3.63, 3.8) is 0 Å². The second-order valence-corrected chi connectivity index (χ2v) is 4.25. The maximum Gasteiger partial charge on any atom is 0.287 e. The summed E-state index contributed by atoms with van der Waals surface area (Å²) in [6.45, 7) is 0. The first-order valence-corrected chi connectivity index (χ1v) is 5.68. The molecule has 1 N–H and O–H groups in total. The van der Waals surface area contributed by atoms with E-state index in [9.17, 15) is 30.1 Å². The third kappa shape index (κ3) is 3.15. The van der Waals surface area contributed by atoms with Gasteiger partial charge in [0.25, 0.3) is 17.3 Å². The highest BCUT2D eigenvalue weighted by molar-refractivity contribution is 6.03. The summed E-state index contributed by atoms with van der Waals surface area (Å²) in [6.07, 6.45) is 0. The number of benzene rings is 1. The van der Waals surface area contributed by atoms with E-state index in [1.165, 1.54) is 20.2 Å². The van der Waals surface area contributed by atoms with Crippen molar-refractivity contribution in [2.24, 2.45) is 0 Å². The molecule has 0 bridgehead atoms. The Morgan fingerprint density at radius 2 is 1.86 bits per heavy atom. The molecule has 1 amide bonds. The lowest BCUT2D eigenvalue weighted by Crippen LogP contribution is -2.24. The number of carbonyl (C=O) groups is 1. The van der Waals surface area contributed by atoms with Crippen molar-refractivity contribution in [1.29, 1.82) is 5.26 Å². The lowest BCUT2D eigenvalue weighted by molar-refractivity contribution is -0.394. The minimum absolute atomic E-state index is 0.456. The number of aliphatic hydroxyl groups excluding tert-OH is 1. The Labute approximate surface area is 123 Å². The summed E-state index contributed by atoms with van der Waals surface area (Å²) >= 11 is 0. The van der Waals surface area contributed by atoms with E-state index in [0.29, 0.717) is 6.07 Å². The van der Waals surface area contributed by atoms with Gasteiger partial charge in [0, 0.05) is 20.2 Å². The quantitative estimate of drug-likeness (QED) is 0.290. The monoisotopic (exact) mass is 306 g/mol. The molecule has 0 aliphatic carbocycles. The average molecular weight is 306 g/mol. The number of hydrogen-bond acceptors (Lipinski definition) is 7. The highest BCUT2D eigenvalue weighted by Crippen LogP contribution is 2.30. The minimum atomic E-state index is -0.951. The van der Waals surface area contributed by atoms with Crippen LogP contribution in [0.2, 0.25) is 0 Å². The number of nitrogens with zero attached hydrogens (tertiary/aromatic N) is 4. The van der Waals surface area contributed by atoms with E-state index in [4.69, 9.17) is 5.26 Å². The van der Waals surface area contributed by atoms with Crippen LogP contribution in [0, 0.1) is 31.6 Å². The van der Waals surface area contributed by atoms with Crippen LogP contribution in [0.1, 0.15) is 5.56 Å². The summed E-state index contributed by atoms with van der Waals surface area (Å²) in [5, 5.41) is 40.6. The molecule has 0 spiro atoms. The molecule has 1 rings (SSSR count). The first-order valence-electron chi connectivity index (χ1n) is 5.68. The number of aliphatic hydroxyl groups is 1. The van der Waals surface area contributed by atoms with Crippen LogP contribution >= 0.6 is 0 Å². The van der Waals surface area contributed by atoms with Crippen LogP contribution in [0.5, 0.6) is 0 Å². The predicted molar refractivity (Wildman–Crippen MR) is 73.6 cm³/mol. The summed E-state index contributed by atoms with van der Waals surface area (Å²) < 4.78 is 0. The Hall–Kier alpha value is -3.48. The number of carbonyl (C=O) groups excluding carboxylic acids is 1. The predicted octanol–water partition coefficient (Wildman–Crippen LogP) is 1.38. The van der Waals surface area contributed by atoms with E-state index in [1.54, 1.807) is 0 Å². The first-order chi connectivity index (χ1) is 10.2. The fraction of sp³-hybridized carbons (Fsp3) is 0.167. The second kappa shape index (κ2) is 6.31. The molecule has 0 radical (unpaired) electrons. The van der Waals surface area contributed by atoms with Crippen molar-refractivity contribution in [2.45, 2.75) is 0 Å². The number of likely N-dealkylation sites (N-methyl/N-ethyl adjacent to an activating group) is 1. The van der Waals surface area contributed by atoms with Crippen molar-refractivity contribution >= 4 is 23.0 Å². The van der Waals surface area contributed by atoms with Crippen LogP contribution in [-0.4, -0.2) is 39.9 Å². The van der Waals surface area contributed by atoms with E-state index in [-0.39, 0.29) is 0 Å². The Morgan fingerprint density at radius 1 is 1.27 bits per heavy atom. The molecule has 0 aliphatic heterocycles. The van der Waals surface area contributed by atoms with Gasteiger partial charge in [-0.25, -0.2) is 0 Å². The van der Waals surface area contributed by atoms with Crippen molar-refractivity contribution < 1.29 is 19.7 Å². The van der Waals surface area contributed by atoms with Crippen molar-refractivity contribution in [3.05, 3.63) is 49.6 Å². The largest absolute Gasteiger partial charge is 0.505 e. The van der Waals surface area contributed by atoms with Gasteiger partial charge in [-0.3, -0.25) is 25.0 Å². The summed E-state index contributed by atoms with van der Waals surface area (Å²) in [6, 6.07) is 3.94. The van der Waals surface area contributed by atoms with Gasteiger partial charge in [-0.15, -0.1) is 0 Å². The van der Waals surface area contributed by atoms with Crippen LogP contribution in [0.15, 0.2) is 23.8 Å². The van der Waals surface area contributed by atoms with Gasteiger partial charge in [0.1, 0.15) is 6.07 Å². The molecule has 114 valence electrons. The van der Waals surface area contributed by atoms with Gasteiger partial charge in [-0.2, -0.15) is 5.26 Å². The van der Waals surface area contributed by atoms with Crippen LogP contribution in [-0.2, 0) is 4.79 Å². The van der Waals surface area contributed by atoms with Crippen molar-refractivity contribution in [3.8, 4) is 6.07 Å². The summed E-state index contributed by atoms with van der Waals surface area (Å²) in [5.74, 6) is -1.77. The van der Waals surface area contributed by atoms with Gasteiger partial charge in [0.2, 0.25) is 0 Å². The lowest BCUT2D eigenvalue weighted by Gasteiger charge is -2.10. The molecule has 0 aliphatic rings. The number of nitro benzene ring substituents is 2. The molecule has 10 heteroatoms. The van der Waals surface area contributed by atoms with Gasteiger partial charge in [0.05, 0.1) is 21.5 Å². The molecule has 1 aromatic carbocycles. The zero-order chi connectivity index (χ0) is 17.0. The third-order valence-corrected chi connectivity index (χ3v) is 2.61. The Kier molecular flexibility index (Phi) is 4.76. The molecule has 0 unspecified atom stereocenters. The maximum atomic E-state index is 11.8. The van der Waals surface area contributed by atoms with Crippen LogP contribution in [0.3, 0.4) is 0 Å². The molecule has 10 nitrogen and oxygen atoms in total. The van der Waals surface area contributed by atoms with E-state index < -0.39 is 44.0 Å². The fourth-order valence-electron chi connectivity index (χ4n) is 1.55. The van der Waals surface area contributed by atoms with Gasteiger partial charge >= 0.3 is 0 Å². The summed E-state index contributed by atoms with van der Waals surface area (Å²) in [7, 11) is 2.66. The van der Waals surface area contributed by atoms with Gasteiger partial charge in [-0.05, 0) is 6.07 Å². The normalized spacial score (nSPS) is 11.1. The Bertz CT molecular complexity index is 732. The SMILES string of the molecule is CN(C)C(=O)C(C#N)=C(O)c1ccc([N+](=O)[O-])cc1[N+](=O)[O-]. The summed E-state index contributed by atoms with van der Waals surface area (Å²) in [4.78, 5) is 32.6. The zero-order valence-electron chi connectivity index (χ0n) is 11.5. The first kappa shape index (κ1) is 16.6. The number of hydrogen-bond donors (Lipinski definition) is 1. The zero-order valence-corrected chi connectivity index (χ0v) is 11.5. The highest BCUT2D eigenvalue weighted by atomic mass is 16.6. The van der Waals surface area contributed by atoms with E-state index >= 15 is 0 Å². The third-order valence-electron chi connectivity index (χ3n) is 2.61.